The highest BCUT2D eigenvalue weighted by Gasteiger charge is 2.20. The van der Waals surface area contributed by atoms with Crippen molar-refractivity contribution < 1.29 is 4.74 Å². The van der Waals surface area contributed by atoms with Crippen LogP contribution in [-0.2, 0) is 0 Å². The lowest BCUT2D eigenvalue weighted by Gasteiger charge is -2.27. The number of nitrogens with one attached hydrogen (secondary N) is 1. The predicted molar refractivity (Wildman–Crippen MR) is 75.1 cm³/mol. The summed E-state index contributed by atoms with van der Waals surface area (Å²) in [5, 5.41) is 3.29. The Morgan fingerprint density at radius 2 is 2.28 bits per heavy atom. The number of hydrogen-bond acceptors (Lipinski definition) is 3. The van der Waals surface area contributed by atoms with Gasteiger partial charge in [0.05, 0.1) is 0 Å². The monoisotopic (exact) mass is 248 g/mol. The average molecular weight is 248 g/mol. The second kappa shape index (κ2) is 6.62. The Balaban J connectivity index is 1.91. The van der Waals surface area contributed by atoms with E-state index >= 15 is 0 Å². The zero-order valence-electron chi connectivity index (χ0n) is 11.5. The summed E-state index contributed by atoms with van der Waals surface area (Å²) in [7, 11) is 0. The minimum atomic E-state index is 0.350. The third-order valence-electron chi connectivity index (χ3n) is 3.46. The van der Waals surface area contributed by atoms with Crippen LogP contribution in [0.15, 0.2) is 18.2 Å². The topological polar surface area (TPSA) is 34.1 Å². The van der Waals surface area contributed by atoms with E-state index < -0.39 is 0 Å². The predicted octanol–water partition coefficient (Wildman–Crippen LogP) is 3.86. The van der Waals surface area contributed by atoms with Gasteiger partial charge >= 0.3 is 0 Å². The average Bonchev–Trinajstić information content (AvgIpc) is 2.37. The van der Waals surface area contributed by atoms with Gasteiger partial charge in [0.15, 0.2) is 0 Å². The van der Waals surface area contributed by atoms with Gasteiger partial charge in [-0.05, 0) is 37.7 Å². The van der Waals surface area contributed by atoms with Gasteiger partial charge in [-0.25, -0.2) is 0 Å². The second-order valence-electron chi connectivity index (χ2n) is 5.30. The quantitative estimate of drug-likeness (QED) is 0.859. The van der Waals surface area contributed by atoms with Crippen LogP contribution >= 0.6 is 0 Å². The number of nitrogens with zero attached hydrogens (tertiary/aromatic N) is 1. The van der Waals surface area contributed by atoms with Crippen LogP contribution in [0.2, 0.25) is 0 Å². The molecule has 1 aromatic heterocycles. The number of pyridine rings is 1. The molecule has 2 rings (SSSR count). The Morgan fingerprint density at radius 3 is 3.06 bits per heavy atom. The van der Waals surface area contributed by atoms with Crippen molar-refractivity contribution in [3.05, 3.63) is 18.2 Å². The zero-order chi connectivity index (χ0) is 12.8. The molecule has 1 saturated carbocycles. The Hall–Kier alpha value is -1.25. The van der Waals surface area contributed by atoms with Gasteiger partial charge in [0.2, 0.25) is 5.88 Å². The van der Waals surface area contributed by atoms with E-state index in [1.807, 2.05) is 18.2 Å². The minimum Gasteiger partial charge on any atom is -0.474 e. The summed E-state index contributed by atoms with van der Waals surface area (Å²) in [4.78, 5) is 4.50. The summed E-state index contributed by atoms with van der Waals surface area (Å²) in [6, 6.07) is 5.95. The first-order valence-electron chi connectivity index (χ1n) is 7.15. The van der Waals surface area contributed by atoms with Crippen LogP contribution in [0.5, 0.6) is 5.88 Å². The third kappa shape index (κ3) is 3.90. The van der Waals surface area contributed by atoms with Gasteiger partial charge in [-0.3, -0.25) is 0 Å². The maximum Gasteiger partial charge on any atom is 0.215 e. The molecule has 3 nitrogen and oxygen atoms in total. The first-order valence-corrected chi connectivity index (χ1v) is 7.15. The van der Waals surface area contributed by atoms with Crippen molar-refractivity contribution in [2.75, 3.05) is 11.9 Å². The van der Waals surface area contributed by atoms with Gasteiger partial charge in [-0.2, -0.15) is 4.98 Å². The molecule has 18 heavy (non-hydrogen) atoms. The Morgan fingerprint density at radius 1 is 1.39 bits per heavy atom. The third-order valence-corrected chi connectivity index (χ3v) is 3.46. The summed E-state index contributed by atoms with van der Waals surface area (Å²) in [5.74, 6) is 2.46. The molecule has 3 heteroatoms. The molecule has 1 N–H and O–H groups in total. The highest BCUT2D eigenvalue weighted by molar-refractivity contribution is 5.36. The molecule has 2 unspecified atom stereocenters. The number of hydrogen-bond donors (Lipinski definition) is 1. The van der Waals surface area contributed by atoms with Crippen LogP contribution < -0.4 is 10.1 Å². The number of ether oxygens (including phenoxy) is 1. The van der Waals surface area contributed by atoms with Crippen molar-refractivity contribution in [1.29, 1.82) is 0 Å². The molecule has 100 valence electrons. The highest BCUT2D eigenvalue weighted by Crippen LogP contribution is 2.27. The number of aromatic nitrogens is 1. The summed E-state index contributed by atoms with van der Waals surface area (Å²) in [6.45, 7) is 5.41. The van der Waals surface area contributed by atoms with Crippen LogP contribution in [0.3, 0.4) is 0 Å². The van der Waals surface area contributed by atoms with Gasteiger partial charge < -0.3 is 10.1 Å². The fourth-order valence-corrected chi connectivity index (χ4v) is 2.49. The van der Waals surface area contributed by atoms with E-state index in [4.69, 9.17) is 4.74 Å². The largest absolute Gasteiger partial charge is 0.474 e. The van der Waals surface area contributed by atoms with Crippen molar-refractivity contribution in [3.8, 4) is 5.88 Å². The van der Waals surface area contributed by atoms with Crippen molar-refractivity contribution >= 4 is 5.82 Å². The maximum atomic E-state index is 6.00. The lowest BCUT2D eigenvalue weighted by molar-refractivity contribution is 0.124. The van der Waals surface area contributed by atoms with Crippen molar-refractivity contribution in [2.24, 2.45) is 5.92 Å². The van der Waals surface area contributed by atoms with Gasteiger partial charge in [-0.1, -0.05) is 26.3 Å². The molecule has 2 atom stereocenters. The van der Waals surface area contributed by atoms with Gasteiger partial charge in [0, 0.05) is 12.6 Å². The molecular weight excluding hydrogens is 224 g/mol. The van der Waals surface area contributed by atoms with Crippen LogP contribution in [-0.4, -0.2) is 17.6 Å². The fourth-order valence-electron chi connectivity index (χ4n) is 2.49. The molecule has 0 radical (unpaired) electrons. The van der Waals surface area contributed by atoms with E-state index in [2.05, 4.69) is 24.1 Å². The smallest absolute Gasteiger partial charge is 0.215 e. The second-order valence-corrected chi connectivity index (χ2v) is 5.30. The van der Waals surface area contributed by atoms with Crippen molar-refractivity contribution in [2.45, 2.75) is 52.1 Å². The summed E-state index contributed by atoms with van der Waals surface area (Å²) < 4.78 is 6.00. The van der Waals surface area contributed by atoms with E-state index in [0.29, 0.717) is 6.10 Å². The fraction of sp³-hybridized carbons (Fsp3) is 0.667. The number of anilines is 1. The van der Waals surface area contributed by atoms with Crippen LogP contribution in [0, 0.1) is 5.92 Å². The number of rotatable bonds is 5. The van der Waals surface area contributed by atoms with Crippen LogP contribution in [0.25, 0.3) is 0 Å². The van der Waals surface area contributed by atoms with E-state index in [0.717, 1.165) is 37.0 Å². The van der Waals surface area contributed by atoms with E-state index in [1.165, 1.54) is 19.3 Å². The van der Waals surface area contributed by atoms with Crippen LogP contribution in [0.1, 0.15) is 46.0 Å². The lowest BCUT2D eigenvalue weighted by atomic mass is 9.89. The first kappa shape index (κ1) is 13.2. The zero-order valence-corrected chi connectivity index (χ0v) is 11.5. The summed E-state index contributed by atoms with van der Waals surface area (Å²) in [6.07, 6.45) is 6.40. The first-order chi connectivity index (χ1) is 8.78. The molecule has 0 bridgehead atoms. The van der Waals surface area contributed by atoms with E-state index in [1.54, 1.807) is 0 Å². The standard InChI is InChI=1S/C15H24N2O/c1-3-10-16-14-8-5-9-15(17-14)18-13-7-4-6-12(2)11-13/h5,8-9,12-13H,3-4,6-7,10-11H2,1-2H3,(H,16,17). The van der Waals surface area contributed by atoms with Gasteiger partial charge in [0.1, 0.15) is 11.9 Å². The molecule has 0 spiro atoms. The molecule has 1 aliphatic carbocycles. The van der Waals surface area contributed by atoms with Crippen molar-refractivity contribution in [3.63, 3.8) is 0 Å². The molecule has 1 aromatic rings. The molecule has 0 saturated heterocycles. The maximum absolute atomic E-state index is 6.00. The van der Waals surface area contributed by atoms with Crippen LogP contribution in [0.4, 0.5) is 5.82 Å². The summed E-state index contributed by atoms with van der Waals surface area (Å²) in [5.41, 5.74) is 0. The van der Waals surface area contributed by atoms with E-state index in [9.17, 15) is 0 Å². The normalized spacial score (nSPS) is 23.7. The van der Waals surface area contributed by atoms with E-state index in [-0.39, 0.29) is 0 Å². The molecule has 0 aromatic carbocycles. The molecule has 1 aliphatic rings. The van der Waals surface area contributed by atoms with Crippen molar-refractivity contribution in [1.82, 2.24) is 4.98 Å². The molecule has 1 heterocycles. The Bertz CT molecular complexity index is 367. The lowest BCUT2D eigenvalue weighted by Crippen LogP contribution is -2.24. The SMILES string of the molecule is CCCNc1cccc(OC2CCCC(C)C2)n1. The van der Waals surface area contributed by atoms with Gasteiger partial charge in [-0.15, -0.1) is 0 Å². The molecule has 0 aliphatic heterocycles. The molecule has 1 fully saturated rings. The Labute approximate surface area is 110 Å². The molecule has 0 amide bonds. The highest BCUT2D eigenvalue weighted by atomic mass is 16.5. The Kier molecular flexibility index (Phi) is 4.85. The minimum absolute atomic E-state index is 0.350. The molecular formula is C15H24N2O. The van der Waals surface area contributed by atoms with Gasteiger partial charge in [0.25, 0.3) is 0 Å². The summed E-state index contributed by atoms with van der Waals surface area (Å²) >= 11 is 0.